The number of hydrogen-bond acceptors (Lipinski definition) is 2. The zero-order chi connectivity index (χ0) is 12.5. The van der Waals surface area contributed by atoms with Gasteiger partial charge < -0.3 is 10.0 Å². The lowest BCUT2D eigenvalue weighted by Gasteiger charge is -2.37. The van der Waals surface area contributed by atoms with Crippen LogP contribution in [0.15, 0.2) is 18.2 Å². The van der Waals surface area contributed by atoms with E-state index in [1.807, 2.05) is 58.0 Å². The molecule has 0 saturated heterocycles. The van der Waals surface area contributed by atoms with Crippen molar-refractivity contribution in [3.63, 3.8) is 0 Å². The maximum absolute atomic E-state index is 10.3. The van der Waals surface area contributed by atoms with Gasteiger partial charge in [-0.05, 0) is 52.1 Å². The zero-order valence-electron chi connectivity index (χ0n) is 10.6. The maximum Gasteiger partial charge on any atom is 0.0968 e. The smallest absolute Gasteiger partial charge is 0.0968 e. The quantitative estimate of drug-likeness (QED) is 0.880. The van der Waals surface area contributed by atoms with Crippen LogP contribution in [0.4, 0.5) is 0 Å². The molecule has 0 fully saturated rings. The summed E-state index contributed by atoms with van der Waals surface area (Å²) in [4.78, 5) is 2.01. The van der Waals surface area contributed by atoms with Crippen LogP contribution in [0.25, 0.3) is 0 Å². The minimum atomic E-state index is -0.555. The summed E-state index contributed by atoms with van der Waals surface area (Å²) in [5.74, 6) is 0. The first-order valence-corrected chi connectivity index (χ1v) is 5.76. The van der Waals surface area contributed by atoms with Crippen molar-refractivity contribution in [1.82, 2.24) is 4.90 Å². The van der Waals surface area contributed by atoms with Crippen LogP contribution in [0.2, 0.25) is 5.02 Å². The molecular formula is C13H20ClNO. The summed E-state index contributed by atoms with van der Waals surface area (Å²) in [5, 5.41) is 11.0. The summed E-state index contributed by atoms with van der Waals surface area (Å²) in [5.41, 5.74) is 1.56. The van der Waals surface area contributed by atoms with Crippen LogP contribution in [-0.4, -0.2) is 29.6 Å². The van der Waals surface area contributed by atoms with Crippen molar-refractivity contribution >= 4 is 11.6 Å². The highest BCUT2D eigenvalue weighted by molar-refractivity contribution is 6.31. The lowest BCUT2D eigenvalue weighted by Crippen LogP contribution is -2.43. The molecular weight excluding hydrogens is 222 g/mol. The average molecular weight is 242 g/mol. The van der Waals surface area contributed by atoms with E-state index in [2.05, 4.69) is 0 Å². The number of aliphatic hydroxyl groups excluding tert-OH is 1. The molecule has 0 radical (unpaired) electrons. The highest BCUT2D eigenvalue weighted by Gasteiger charge is 2.31. The van der Waals surface area contributed by atoms with Crippen LogP contribution in [0, 0.1) is 6.92 Å². The Bertz CT molecular complexity index is 374. The lowest BCUT2D eigenvalue weighted by atomic mass is 9.90. The van der Waals surface area contributed by atoms with Gasteiger partial charge in [0.1, 0.15) is 0 Å². The monoisotopic (exact) mass is 241 g/mol. The Hall–Kier alpha value is -0.570. The molecule has 1 rings (SSSR count). The maximum atomic E-state index is 10.3. The van der Waals surface area contributed by atoms with Gasteiger partial charge in [0.2, 0.25) is 0 Å². The molecule has 0 aliphatic carbocycles. The number of hydrogen-bond donors (Lipinski definition) is 1. The second-order valence-corrected chi connectivity index (χ2v) is 5.37. The molecule has 0 aliphatic heterocycles. The number of rotatable bonds is 3. The van der Waals surface area contributed by atoms with E-state index in [0.29, 0.717) is 5.02 Å². The number of aliphatic hydroxyl groups is 1. The van der Waals surface area contributed by atoms with Gasteiger partial charge >= 0.3 is 0 Å². The molecule has 0 saturated carbocycles. The third-order valence-electron chi connectivity index (χ3n) is 3.33. The average Bonchev–Trinajstić information content (AvgIpc) is 2.20. The third kappa shape index (κ3) is 2.57. The Morgan fingerprint density at radius 1 is 1.31 bits per heavy atom. The van der Waals surface area contributed by atoms with Gasteiger partial charge in [0.25, 0.3) is 0 Å². The van der Waals surface area contributed by atoms with E-state index in [1.165, 1.54) is 0 Å². The van der Waals surface area contributed by atoms with E-state index < -0.39 is 6.10 Å². The van der Waals surface area contributed by atoms with Crippen molar-refractivity contribution in [2.45, 2.75) is 32.4 Å². The number of benzene rings is 1. The van der Waals surface area contributed by atoms with Crippen molar-refractivity contribution in [3.8, 4) is 0 Å². The van der Waals surface area contributed by atoms with E-state index in [4.69, 9.17) is 11.6 Å². The first-order valence-electron chi connectivity index (χ1n) is 5.38. The fourth-order valence-electron chi connectivity index (χ4n) is 1.43. The molecule has 1 aromatic carbocycles. The largest absolute Gasteiger partial charge is 0.386 e. The molecule has 16 heavy (non-hydrogen) atoms. The van der Waals surface area contributed by atoms with E-state index in [0.717, 1.165) is 11.1 Å². The van der Waals surface area contributed by atoms with Gasteiger partial charge in [-0.3, -0.25) is 0 Å². The molecule has 1 atom stereocenters. The number of halogens is 1. The lowest BCUT2D eigenvalue weighted by molar-refractivity contribution is 0.0164. The predicted molar refractivity (Wildman–Crippen MR) is 68.9 cm³/mol. The molecule has 1 unspecified atom stereocenters. The van der Waals surface area contributed by atoms with E-state index in [9.17, 15) is 5.11 Å². The Kier molecular flexibility index (Phi) is 4.00. The molecule has 90 valence electrons. The minimum Gasteiger partial charge on any atom is -0.386 e. The Morgan fingerprint density at radius 3 is 2.31 bits per heavy atom. The summed E-state index contributed by atoms with van der Waals surface area (Å²) in [7, 11) is 3.91. The molecule has 0 spiro atoms. The van der Waals surface area contributed by atoms with Gasteiger partial charge in [0, 0.05) is 10.6 Å². The number of aryl methyl sites for hydroxylation is 1. The molecule has 0 amide bonds. The van der Waals surface area contributed by atoms with Crippen LogP contribution in [0.1, 0.15) is 31.1 Å². The van der Waals surface area contributed by atoms with Gasteiger partial charge in [-0.25, -0.2) is 0 Å². The molecule has 0 heterocycles. The van der Waals surface area contributed by atoms with E-state index in [1.54, 1.807) is 0 Å². The number of likely N-dealkylation sites (N-methyl/N-ethyl adjacent to an activating group) is 1. The number of nitrogens with zero attached hydrogens (tertiary/aromatic N) is 1. The minimum absolute atomic E-state index is 0.321. The standard InChI is InChI=1S/C13H20ClNO/c1-9-6-7-10(8-11(9)14)12(16)13(2,3)15(4)5/h6-8,12,16H,1-5H3. The molecule has 1 aromatic rings. The Labute approximate surface area is 103 Å². The SMILES string of the molecule is Cc1ccc(C(O)C(C)(C)N(C)C)cc1Cl. The fraction of sp³-hybridized carbons (Fsp3) is 0.538. The molecule has 0 aliphatic rings. The summed E-state index contributed by atoms with van der Waals surface area (Å²) < 4.78 is 0. The predicted octanol–water partition coefficient (Wildman–Crippen LogP) is 3.02. The summed E-state index contributed by atoms with van der Waals surface area (Å²) in [6, 6.07) is 5.70. The van der Waals surface area contributed by atoms with E-state index >= 15 is 0 Å². The van der Waals surface area contributed by atoms with Crippen LogP contribution in [0.5, 0.6) is 0 Å². The summed E-state index contributed by atoms with van der Waals surface area (Å²) in [6.45, 7) is 5.96. The molecule has 1 N–H and O–H groups in total. The van der Waals surface area contributed by atoms with E-state index in [-0.39, 0.29) is 5.54 Å². The second kappa shape index (κ2) is 4.74. The van der Waals surface area contributed by atoms with Crippen LogP contribution < -0.4 is 0 Å². The van der Waals surface area contributed by atoms with Gasteiger partial charge in [-0.1, -0.05) is 23.7 Å². The van der Waals surface area contributed by atoms with Gasteiger partial charge in [-0.2, -0.15) is 0 Å². The zero-order valence-corrected chi connectivity index (χ0v) is 11.3. The Balaban J connectivity index is 3.05. The Morgan fingerprint density at radius 2 is 1.88 bits per heavy atom. The van der Waals surface area contributed by atoms with Crippen LogP contribution in [0.3, 0.4) is 0 Å². The summed E-state index contributed by atoms with van der Waals surface area (Å²) >= 11 is 6.06. The van der Waals surface area contributed by atoms with Crippen LogP contribution >= 0.6 is 11.6 Å². The third-order valence-corrected chi connectivity index (χ3v) is 3.74. The fourth-order valence-corrected chi connectivity index (χ4v) is 1.62. The van der Waals surface area contributed by atoms with Crippen molar-refractivity contribution < 1.29 is 5.11 Å². The van der Waals surface area contributed by atoms with Gasteiger partial charge in [-0.15, -0.1) is 0 Å². The van der Waals surface area contributed by atoms with Crippen molar-refractivity contribution in [1.29, 1.82) is 0 Å². The van der Waals surface area contributed by atoms with Crippen molar-refractivity contribution in [3.05, 3.63) is 34.3 Å². The molecule has 2 nitrogen and oxygen atoms in total. The highest BCUT2D eigenvalue weighted by atomic mass is 35.5. The van der Waals surface area contributed by atoms with Gasteiger partial charge in [0.05, 0.1) is 6.10 Å². The molecule has 3 heteroatoms. The molecule has 0 aromatic heterocycles. The first-order chi connectivity index (χ1) is 7.26. The first kappa shape index (κ1) is 13.5. The highest BCUT2D eigenvalue weighted by Crippen LogP contribution is 2.31. The van der Waals surface area contributed by atoms with Crippen molar-refractivity contribution in [2.24, 2.45) is 0 Å². The summed E-state index contributed by atoms with van der Waals surface area (Å²) in [6.07, 6.45) is -0.555. The topological polar surface area (TPSA) is 23.5 Å². The normalized spacial score (nSPS) is 14.2. The van der Waals surface area contributed by atoms with Crippen molar-refractivity contribution in [2.75, 3.05) is 14.1 Å². The molecule has 0 bridgehead atoms. The second-order valence-electron chi connectivity index (χ2n) is 4.96. The van der Waals surface area contributed by atoms with Gasteiger partial charge in [0.15, 0.2) is 0 Å². The van der Waals surface area contributed by atoms with Crippen LogP contribution in [-0.2, 0) is 0 Å².